The fraction of sp³-hybridized carbons (Fsp3) is 0.294. The second kappa shape index (κ2) is 7.91. The smallest absolute Gasteiger partial charge is 0.0588 e. The molecule has 2 aromatic carbocycles. The molecule has 1 nitrogen and oxygen atoms in total. The van der Waals surface area contributed by atoms with Crippen molar-refractivity contribution in [2.75, 3.05) is 6.54 Å². The predicted molar refractivity (Wildman–Crippen MR) is 101 cm³/mol. The maximum absolute atomic E-state index is 3.72. The fourth-order valence-corrected chi connectivity index (χ4v) is 3.73. The maximum Gasteiger partial charge on any atom is 0.0588 e. The Kier molecular flexibility index (Phi) is 6.48. The molecular weight excluding hydrogens is 458 g/mol. The van der Waals surface area contributed by atoms with Gasteiger partial charge in [-0.05, 0) is 60.8 Å². The summed E-state index contributed by atoms with van der Waals surface area (Å²) < 4.78 is 3.38. The van der Waals surface area contributed by atoms with E-state index in [2.05, 4.69) is 103 Å². The van der Waals surface area contributed by atoms with Gasteiger partial charge in [0.05, 0.1) is 6.04 Å². The summed E-state index contributed by atoms with van der Waals surface area (Å²) >= 11 is 10.9. The van der Waals surface area contributed by atoms with Crippen LogP contribution >= 0.6 is 47.8 Å². The summed E-state index contributed by atoms with van der Waals surface area (Å²) in [7, 11) is 0. The Morgan fingerprint density at radius 1 is 1.05 bits per heavy atom. The lowest BCUT2D eigenvalue weighted by molar-refractivity contribution is 0.596. The topological polar surface area (TPSA) is 12.0 Å². The van der Waals surface area contributed by atoms with Crippen molar-refractivity contribution in [1.29, 1.82) is 0 Å². The summed E-state index contributed by atoms with van der Waals surface area (Å²) in [6.45, 7) is 5.27. The lowest BCUT2D eigenvalue weighted by Gasteiger charge is -2.22. The van der Waals surface area contributed by atoms with E-state index in [4.69, 9.17) is 0 Å². The van der Waals surface area contributed by atoms with Crippen molar-refractivity contribution < 1.29 is 0 Å². The van der Waals surface area contributed by atoms with E-state index < -0.39 is 0 Å². The summed E-state index contributed by atoms with van der Waals surface area (Å²) in [5.41, 5.74) is 3.74. The van der Waals surface area contributed by atoms with Crippen LogP contribution in [0.4, 0.5) is 0 Å². The summed E-state index contributed by atoms with van der Waals surface area (Å²) in [4.78, 5) is 0. The number of hydrogen-bond acceptors (Lipinski definition) is 1. The van der Waals surface area contributed by atoms with Crippen LogP contribution in [0.3, 0.4) is 0 Å². The number of hydrogen-bond donors (Lipinski definition) is 1. The first kappa shape index (κ1) is 17.2. The van der Waals surface area contributed by atoms with E-state index in [9.17, 15) is 0 Å². The molecule has 21 heavy (non-hydrogen) atoms. The Balaban J connectivity index is 2.47. The molecule has 112 valence electrons. The molecular formula is C17H18Br3N. The second-order valence-corrected chi connectivity index (χ2v) is 7.69. The zero-order valence-electron chi connectivity index (χ0n) is 12.1. The molecule has 0 amide bonds. The van der Waals surface area contributed by atoms with Gasteiger partial charge in [0, 0.05) is 13.4 Å². The van der Waals surface area contributed by atoms with Crippen LogP contribution < -0.4 is 5.32 Å². The predicted octanol–water partition coefficient (Wildman–Crippen LogP) is 6.37. The van der Waals surface area contributed by atoms with Crippen LogP contribution in [0, 0.1) is 6.92 Å². The van der Waals surface area contributed by atoms with Gasteiger partial charge in [-0.25, -0.2) is 0 Å². The van der Waals surface area contributed by atoms with E-state index in [0.717, 1.165) is 26.4 Å². The monoisotopic (exact) mass is 473 g/mol. The van der Waals surface area contributed by atoms with Crippen LogP contribution in [0.15, 0.2) is 49.8 Å². The molecule has 0 aromatic heterocycles. The van der Waals surface area contributed by atoms with Crippen molar-refractivity contribution >= 4 is 47.8 Å². The molecule has 0 aliphatic carbocycles. The molecule has 0 aliphatic rings. The van der Waals surface area contributed by atoms with Crippen molar-refractivity contribution in [1.82, 2.24) is 5.32 Å². The summed E-state index contributed by atoms with van der Waals surface area (Å²) in [6.07, 6.45) is 1.11. The third-order valence-corrected chi connectivity index (χ3v) is 5.40. The standard InChI is InChI=1S/C17H18Br3N/c1-3-7-21-17(12-5-4-6-13(18)9-12)14-10-15(19)11(2)8-16(14)20/h4-6,8-10,17,21H,3,7H2,1-2H3. The Morgan fingerprint density at radius 2 is 1.81 bits per heavy atom. The van der Waals surface area contributed by atoms with Crippen molar-refractivity contribution in [3.8, 4) is 0 Å². The van der Waals surface area contributed by atoms with Crippen LogP contribution in [0.1, 0.15) is 36.1 Å². The zero-order valence-corrected chi connectivity index (χ0v) is 16.8. The summed E-state index contributed by atoms with van der Waals surface area (Å²) in [5.74, 6) is 0. The average molecular weight is 476 g/mol. The minimum absolute atomic E-state index is 0.175. The molecule has 0 aliphatic heterocycles. The average Bonchev–Trinajstić information content (AvgIpc) is 2.44. The van der Waals surface area contributed by atoms with Gasteiger partial charge in [0.1, 0.15) is 0 Å². The van der Waals surface area contributed by atoms with Crippen molar-refractivity contribution in [2.45, 2.75) is 26.3 Å². The van der Waals surface area contributed by atoms with Crippen LogP contribution in [0.5, 0.6) is 0 Å². The van der Waals surface area contributed by atoms with Crippen LogP contribution in [-0.4, -0.2) is 6.54 Å². The van der Waals surface area contributed by atoms with Crippen molar-refractivity contribution in [3.63, 3.8) is 0 Å². The molecule has 2 aromatic rings. The Morgan fingerprint density at radius 3 is 2.48 bits per heavy atom. The third-order valence-electron chi connectivity index (χ3n) is 3.37. The number of benzene rings is 2. The van der Waals surface area contributed by atoms with E-state index in [0.29, 0.717) is 0 Å². The number of halogens is 3. The summed E-state index contributed by atoms with van der Waals surface area (Å²) in [5, 5.41) is 3.65. The largest absolute Gasteiger partial charge is 0.306 e. The molecule has 0 bridgehead atoms. The third kappa shape index (κ3) is 4.41. The summed E-state index contributed by atoms with van der Waals surface area (Å²) in [6, 6.07) is 13.0. The number of rotatable bonds is 5. The van der Waals surface area contributed by atoms with Gasteiger partial charge in [-0.3, -0.25) is 0 Å². The van der Waals surface area contributed by atoms with Gasteiger partial charge in [-0.15, -0.1) is 0 Å². The van der Waals surface area contributed by atoms with Gasteiger partial charge in [0.15, 0.2) is 0 Å². The highest BCUT2D eigenvalue weighted by Crippen LogP contribution is 2.33. The minimum Gasteiger partial charge on any atom is -0.306 e. The van der Waals surface area contributed by atoms with Gasteiger partial charge in [-0.2, -0.15) is 0 Å². The second-order valence-electron chi connectivity index (χ2n) is 5.07. The van der Waals surface area contributed by atoms with Gasteiger partial charge in [-0.1, -0.05) is 66.8 Å². The lowest BCUT2D eigenvalue weighted by Crippen LogP contribution is -2.23. The van der Waals surface area contributed by atoms with E-state index >= 15 is 0 Å². The first-order chi connectivity index (χ1) is 10.0. The molecule has 1 atom stereocenters. The highest BCUT2D eigenvalue weighted by atomic mass is 79.9. The molecule has 0 saturated heterocycles. The lowest BCUT2D eigenvalue weighted by atomic mass is 9.97. The maximum atomic E-state index is 3.72. The Bertz CT molecular complexity index is 625. The molecule has 0 saturated carbocycles. The first-order valence-electron chi connectivity index (χ1n) is 6.97. The highest BCUT2D eigenvalue weighted by molar-refractivity contribution is 9.11. The molecule has 0 heterocycles. The zero-order chi connectivity index (χ0) is 15.4. The van der Waals surface area contributed by atoms with Gasteiger partial charge < -0.3 is 5.32 Å². The van der Waals surface area contributed by atoms with Crippen LogP contribution in [0.25, 0.3) is 0 Å². The van der Waals surface area contributed by atoms with E-state index in [-0.39, 0.29) is 6.04 Å². The van der Waals surface area contributed by atoms with Crippen LogP contribution in [-0.2, 0) is 0 Å². The van der Waals surface area contributed by atoms with E-state index in [1.807, 2.05) is 0 Å². The Labute approximate surface area is 151 Å². The van der Waals surface area contributed by atoms with E-state index in [1.165, 1.54) is 16.7 Å². The quantitative estimate of drug-likeness (QED) is 0.529. The Hall–Kier alpha value is -0.160. The molecule has 0 radical (unpaired) electrons. The normalized spacial score (nSPS) is 12.4. The van der Waals surface area contributed by atoms with Crippen molar-refractivity contribution in [3.05, 3.63) is 66.5 Å². The highest BCUT2D eigenvalue weighted by Gasteiger charge is 2.17. The fourth-order valence-electron chi connectivity index (χ4n) is 2.27. The van der Waals surface area contributed by atoms with Crippen LogP contribution in [0.2, 0.25) is 0 Å². The first-order valence-corrected chi connectivity index (χ1v) is 9.35. The number of aryl methyl sites for hydroxylation is 1. The number of nitrogens with one attached hydrogen (secondary N) is 1. The molecule has 0 fully saturated rings. The molecule has 4 heteroatoms. The molecule has 1 N–H and O–H groups in total. The van der Waals surface area contributed by atoms with E-state index in [1.54, 1.807) is 0 Å². The molecule has 2 rings (SSSR count). The SMILES string of the molecule is CCCNC(c1cccc(Br)c1)c1cc(Br)c(C)cc1Br. The molecule has 1 unspecified atom stereocenters. The minimum atomic E-state index is 0.175. The van der Waals surface area contributed by atoms with Gasteiger partial charge >= 0.3 is 0 Å². The molecule has 0 spiro atoms. The van der Waals surface area contributed by atoms with Crippen molar-refractivity contribution in [2.24, 2.45) is 0 Å². The van der Waals surface area contributed by atoms with Gasteiger partial charge in [0.25, 0.3) is 0 Å². The van der Waals surface area contributed by atoms with Gasteiger partial charge in [0.2, 0.25) is 0 Å².